The SMILES string of the molecule is COc1ccc(Sc2c(F)cccc2CCN)cc1. The molecule has 0 bridgehead atoms. The molecule has 0 aliphatic heterocycles. The number of nitrogens with two attached hydrogens (primary N) is 1. The molecule has 2 rings (SSSR count). The summed E-state index contributed by atoms with van der Waals surface area (Å²) >= 11 is 1.41. The van der Waals surface area contributed by atoms with E-state index in [1.807, 2.05) is 30.3 Å². The van der Waals surface area contributed by atoms with Crippen LogP contribution in [0.2, 0.25) is 0 Å². The minimum atomic E-state index is -0.202. The van der Waals surface area contributed by atoms with E-state index >= 15 is 0 Å². The molecule has 2 nitrogen and oxygen atoms in total. The first-order valence-electron chi connectivity index (χ1n) is 6.04. The van der Waals surface area contributed by atoms with Crippen molar-refractivity contribution < 1.29 is 9.13 Å². The quantitative estimate of drug-likeness (QED) is 0.908. The van der Waals surface area contributed by atoms with Crippen molar-refractivity contribution in [1.82, 2.24) is 0 Å². The van der Waals surface area contributed by atoms with Gasteiger partial charge in [-0.2, -0.15) is 0 Å². The monoisotopic (exact) mass is 277 g/mol. The minimum absolute atomic E-state index is 0.202. The van der Waals surface area contributed by atoms with Crippen LogP contribution in [0.1, 0.15) is 5.56 Å². The van der Waals surface area contributed by atoms with Crippen LogP contribution in [0.25, 0.3) is 0 Å². The molecule has 100 valence electrons. The van der Waals surface area contributed by atoms with Crippen LogP contribution in [0.15, 0.2) is 52.3 Å². The molecule has 2 aromatic carbocycles. The Morgan fingerprint density at radius 2 is 1.89 bits per heavy atom. The molecule has 2 N–H and O–H groups in total. The van der Waals surface area contributed by atoms with Gasteiger partial charge in [-0.15, -0.1) is 0 Å². The molecule has 0 heterocycles. The lowest BCUT2D eigenvalue weighted by Crippen LogP contribution is -2.04. The summed E-state index contributed by atoms with van der Waals surface area (Å²) in [4.78, 5) is 1.63. The highest BCUT2D eigenvalue weighted by atomic mass is 32.2. The number of benzene rings is 2. The lowest BCUT2D eigenvalue weighted by Gasteiger charge is -2.10. The summed E-state index contributed by atoms with van der Waals surface area (Å²) in [5, 5.41) is 0. The number of rotatable bonds is 5. The normalized spacial score (nSPS) is 10.5. The molecule has 0 fully saturated rings. The molecule has 0 radical (unpaired) electrons. The number of hydrogen-bond acceptors (Lipinski definition) is 3. The zero-order valence-electron chi connectivity index (χ0n) is 10.7. The highest BCUT2D eigenvalue weighted by Crippen LogP contribution is 2.33. The van der Waals surface area contributed by atoms with Gasteiger partial charge in [0.15, 0.2) is 0 Å². The van der Waals surface area contributed by atoms with E-state index in [1.54, 1.807) is 13.2 Å². The molecule has 0 aromatic heterocycles. The van der Waals surface area contributed by atoms with Gasteiger partial charge in [0.1, 0.15) is 11.6 Å². The van der Waals surface area contributed by atoms with E-state index in [1.165, 1.54) is 17.8 Å². The third-order valence-electron chi connectivity index (χ3n) is 2.74. The van der Waals surface area contributed by atoms with E-state index in [0.29, 0.717) is 17.9 Å². The predicted octanol–water partition coefficient (Wildman–Crippen LogP) is 3.49. The number of halogens is 1. The summed E-state index contributed by atoms with van der Waals surface area (Å²) in [6.45, 7) is 0.514. The molecule has 4 heteroatoms. The van der Waals surface area contributed by atoms with E-state index in [-0.39, 0.29) is 5.82 Å². The molecule has 0 aliphatic carbocycles. The molecule has 19 heavy (non-hydrogen) atoms. The van der Waals surface area contributed by atoms with Crippen LogP contribution in [0.4, 0.5) is 4.39 Å². The van der Waals surface area contributed by atoms with Crippen LogP contribution >= 0.6 is 11.8 Å². The van der Waals surface area contributed by atoms with Crippen molar-refractivity contribution in [2.45, 2.75) is 16.2 Å². The summed E-state index contributed by atoms with van der Waals surface area (Å²) in [7, 11) is 1.62. The van der Waals surface area contributed by atoms with Crippen molar-refractivity contribution in [3.8, 4) is 5.75 Å². The summed E-state index contributed by atoms with van der Waals surface area (Å²) in [5.41, 5.74) is 6.51. The first kappa shape index (κ1) is 13.9. The smallest absolute Gasteiger partial charge is 0.137 e. The number of hydrogen-bond donors (Lipinski definition) is 1. The Labute approximate surface area is 116 Å². The third-order valence-corrected chi connectivity index (χ3v) is 3.91. The van der Waals surface area contributed by atoms with Crippen molar-refractivity contribution in [3.63, 3.8) is 0 Å². The Morgan fingerprint density at radius 1 is 1.16 bits per heavy atom. The van der Waals surface area contributed by atoms with Gasteiger partial charge in [0.05, 0.1) is 12.0 Å². The van der Waals surface area contributed by atoms with Crippen molar-refractivity contribution >= 4 is 11.8 Å². The molecular formula is C15H16FNOS. The van der Waals surface area contributed by atoms with E-state index < -0.39 is 0 Å². The second kappa shape index (κ2) is 6.59. The van der Waals surface area contributed by atoms with Crippen LogP contribution in [0, 0.1) is 5.82 Å². The molecule has 2 aromatic rings. The van der Waals surface area contributed by atoms with Crippen LogP contribution < -0.4 is 10.5 Å². The van der Waals surface area contributed by atoms with Crippen molar-refractivity contribution in [2.24, 2.45) is 5.73 Å². The zero-order chi connectivity index (χ0) is 13.7. The average molecular weight is 277 g/mol. The van der Waals surface area contributed by atoms with Crippen molar-refractivity contribution in [2.75, 3.05) is 13.7 Å². The molecule has 0 amide bonds. The molecule has 0 aliphatic rings. The van der Waals surface area contributed by atoms with Gasteiger partial charge in [0.25, 0.3) is 0 Å². The predicted molar refractivity (Wildman–Crippen MR) is 76.3 cm³/mol. The molecule has 0 saturated heterocycles. The fraction of sp³-hybridized carbons (Fsp3) is 0.200. The van der Waals surface area contributed by atoms with Gasteiger partial charge in [0, 0.05) is 4.90 Å². The molecule has 0 atom stereocenters. The van der Waals surface area contributed by atoms with Gasteiger partial charge in [0.2, 0.25) is 0 Å². The summed E-state index contributed by atoms with van der Waals surface area (Å²) in [6.07, 6.45) is 0.677. The first-order valence-corrected chi connectivity index (χ1v) is 6.85. The fourth-order valence-electron chi connectivity index (χ4n) is 1.78. The Hall–Kier alpha value is -1.52. The van der Waals surface area contributed by atoms with Gasteiger partial charge in [-0.25, -0.2) is 4.39 Å². The Morgan fingerprint density at radius 3 is 2.53 bits per heavy atom. The number of methoxy groups -OCH3 is 1. The van der Waals surface area contributed by atoms with E-state index in [0.717, 1.165) is 16.2 Å². The average Bonchev–Trinajstić information content (AvgIpc) is 2.44. The lowest BCUT2D eigenvalue weighted by molar-refractivity contribution is 0.414. The topological polar surface area (TPSA) is 35.2 Å². The summed E-state index contributed by atoms with van der Waals surface area (Å²) in [6, 6.07) is 12.7. The van der Waals surface area contributed by atoms with Crippen LogP contribution in [0.5, 0.6) is 5.75 Å². The van der Waals surface area contributed by atoms with E-state index in [4.69, 9.17) is 10.5 Å². The summed E-state index contributed by atoms with van der Waals surface area (Å²) in [5.74, 6) is 0.590. The maximum Gasteiger partial charge on any atom is 0.137 e. The minimum Gasteiger partial charge on any atom is -0.497 e. The lowest BCUT2D eigenvalue weighted by atomic mass is 10.1. The maximum atomic E-state index is 13.9. The van der Waals surface area contributed by atoms with Gasteiger partial charge in [-0.1, -0.05) is 23.9 Å². The van der Waals surface area contributed by atoms with E-state index in [9.17, 15) is 4.39 Å². The van der Waals surface area contributed by atoms with Crippen molar-refractivity contribution in [3.05, 3.63) is 53.8 Å². The molecule has 0 spiro atoms. The Balaban J connectivity index is 2.26. The van der Waals surface area contributed by atoms with Gasteiger partial charge in [-0.05, 0) is 48.9 Å². The Kier molecular flexibility index (Phi) is 4.82. The standard InChI is InChI=1S/C15H16FNOS/c1-18-12-5-7-13(8-6-12)19-15-11(9-10-17)3-2-4-14(15)16/h2-8H,9-10,17H2,1H3. The largest absolute Gasteiger partial charge is 0.497 e. The fourth-order valence-corrected chi connectivity index (χ4v) is 2.76. The van der Waals surface area contributed by atoms with Gasteiger partial charge < -0.3 is 10.5 Å². The molecular weight excluding hydrogens is 261 g/mol. The van der Waals surface area contributed by atoms with Gasteiger partial charge >= 0.3 is 0 Å². The van der Waals surface area contributed by atoms with Gasteiger partial charge in [-0.3, -0.25) is 0 Å². The number of ether oxygens (including phenoxy) is 1. The maximum absolute atomic E-state index is 13.9. The van der Waals surface area contributed by atoms with Crippen LogP contribution in [-0.2, 0) is 6.42 Å². The first-order chi connectivity index (χ1) is 9.24. The highest BCUT2D eigenvalue weighted by Gasteiger charge is 2.09. The molecule has 0 unspecified atom stereocenters. The van der Waals surface area contributed by atoms with Crippen LogP contribution in [-0.4, -0.2) is 13.7 Å². The summed E-state index contributed by atoms with van der Waals surface area (Å²) < 4.78 is 19.0. The van der Waals surface area contributed by atoms with Crippen LogP contribution in [0.3, 0.4) is 0 Å². The second-order valence-corrected chi connectivity index (χ2v) is 5.13. The van der Waals surface area contributed by atoms with E-state index in [2.05, 4.69) is 0 Å². The third kappa shape index (κ3) is 3.49. The van der Waals surface area contributed by atoms with Crippen molar-refractivity contribution in [1.29, 1.82) is 0 Å². The zero-order valence-corrected chi connectivity index (χ0v) is 11.5. The molecule has 0 saturated carbocycles. The second-order valence-electron chi connectivity index (χ2n) is 4.04. The highest BCUT2D eigenvalue weighted by molar-refractivity contribution is 7.99. The Bertz CT molecular complexity index is 542.